The quantitative estimate of drug-likeness (QED) is 0.582. The molecule has 2 heteroatoms. The third kappa shape index (κ3) is 2.62. The summed E-state index contributed by atoms with van der Waals surface area (Å²) in [5, 5.41) is 0. The van der Waals surface area contributed by atoms with Gasteiger partial charge in [-0.05, 0) is 32.6 Å². The lowest BCUT2D eigenvalue weighted by Crippen LogP contribution is -2.22. The second kappa shape index (κ2) is 4.50. The van der Waals surface area contributed by atoms with Crippen LogP contribution in [0.1, 0.15) is 32.6 Å². The third-order valence-corrected chi connectivity index (χ3v) is 2.31. The molecule has 1 fully saturated rings. The van der Waals surface area contributed by atoms with Gasteiger partial charge in [0.25, 0.3) is 0 Å². The SMILES string of the molecule is CCOC1CCC(C=O)CC1. The van der Waals surface area contributed by atoms with Gasteiger partial charge in [-0.2, -0.15) is 0 Å². The molecular formula is C9H16O2. The van der Waals surface area contributed by atoms with Gasteiger partial charge >= 0.3 is 0 Å². The predicted molar refractivity (Wildman–Crippen MR) is 43.4 cm³/mol. The third-order valence-electron chi connectivity index (χ3n) is 2.31. The predicted octanol–water partition coefficient (Wildman–Crippen LogP) is 1.78. The first-order chi connectivity index (χ1) is 5.36. The van der Waals surface area contributed by atoms with E-state index >= 15 is 0 Å². The molecule has 1 aliphatic carbocycles. The molecule has 0 aromatic carbocycles. The second-order valence-corrected chi connectivity index (χ2v) is 3.13. The van der Waals surface area contributed by atoms with E-state index in [1.807, 2.05) is 6.92 Å². The minimum Gasteiger partial charge on any atom is -0.379 e. The van der Waals surface area contributed by atoms with Gasteiger partial charge in [-0.15, -0.1) is 0 Å². The van der Waals surface area contributed by atoms with E-state index < -0.39 is 0 Å². The van der Waals surface area contributed by atoms with Crippen LogP contribution in [-0.2, 0) is 9.53 Å². The number of hydrogen-bond acceptors (Lipinski definition) is 2. The Labute approximate surface area is 67.9 Å². The van der Waals surface area contributed by atoms with Crippen LogP contribution in [0.25, 0.3) is 0 Å². The number of carbonyl (C=O) groups excluding carboxylic acids is 1. The van der Waals surface area contributed by atoms with Gasteiger partial charge in [0.15, 0.2) is 0 Å². The van der Waals surface area contributed by atoms with Crippen LogP contribution in [0.15, 0.2) is 0 Å². The molecule has 0 spiro atoms. The van der Waals surface area contributed by atoms with Gasteiger partial charge < -0.3 is 9.53 Å². The fourth-order valence-corrected chi connectivity index (χ4v) is 1.63. The first-order valence-electron chi connectivity index (χ1n) is 4.43. The van der Waals surface area contributed by atoms with E-state index in [0.717, 1.165) is 38.6 Å². The van der Waals surface area contributed by atoms with E-state index in [9.17, 15) is 4.79 Å². The Morgan fingerprint density at radius 3 is 2.45 bits per heavy atom. The van der Waals surface area contributed by atoms with Crippen molar-refractivity contribution >= 4 is 6.29 Å². The Kier molecular flexibility index (Phi) is 3.57. The zero-order valence-electron chi connectivity index (χ0n) is 7.08. The Hall–Kier alpha value is -0.370. The normalized spacial score (nSPS) is 31.7. The maximum absolute atomic E-state index is 10.4. The molecule has 0 saturated heterocycles. The van der Waals surface area contributed by atoms with Gasteiger partial charge in [-0.1, -0.05) is 0 Å². The van der Waals surface area contributed by atoms with Crippen molar-refractivity contribution in [1.29, 1.82) is 0 Å². The van der Waals surface area contributed by atoms with Crippen molar-refractivity contribution in [1.82, 2.24) is 0 Å². The molecule has 11 heavy (non-hydrogen) atoms. The highest BCUT2D eigenvalue weighted by Crippen LogP contribution is 2.24. The Morgan fingerprint density at radius 2 is 2.00 bits per heavy atom. The van der Waals surface area contributed by atoms with Crippen LogP contribution in [0, 0.1) is 5.92 Å². The molecule has 0 amide bonds. The topological polar surface area (TPSA) is 26.3 Å². The molecule has 64 valence electrons. The van der Waals surface area contributed by atoms with Gasteiger partial charge in [0.1, 0.15) is 6.29 Å². The largest absolute Gasteiger partial charge is 0.379 e. The molecule has 1 aliphatic rings. The monoisotopic (exact) mass is 156 g/mol. The Bertz CT molecular complexity index is 115. The molecule has 0 aromatic rings. The van der Waals surface area contributed by atoms with Crippen LogP contribution in [0.2, 0.25) is 0 Å². The second-order valence-electron chi connectivity index (χ2n) is 3.13. The first-order valence-corrected chi connectivity index (χ1v) is 4.43. The van der Waals surface area contributed by atoms with Crippen LogP contribution in [-0.4, -0.2) is 19.0 Å². The summed E-state index contributed by atoms with van der Waals surface area (Å²) in [6, 6.07) is 0. The maximum Gasteiger partial charge on any atom is 0.123 e. The van der Waals surface area contributed by atoms with Gasteiger partial charge in [0.05, 0.1) is 6.10 Å². The molecule has 0 radical (unpaired) electrons. The van der Waals surface area contributed by atoms with Crippen molar-refractivity contribution in [3.8, 4) is 0 Å². The highest BCUT2D eigenvalue weighted by atomic mass is 16.5. The fraction of sp³-hybridized carbons (Fsp3) is 0.889. The van der Waals surface area contributed by atoms with E-state index in [-0.39, 0.29) is 0 Å². The van der Waals surface area contributed by atoms with Crippen molar-refractivity contribution in [3.63, 3.8) is 0 Å². The average molecular weight is 156 g/mol. The summed E-state index contributed by atoms with van der Waals surface area (Å²) in [7, 11) is 0. The first kappa shape index (κ1) is 8.72. The van der Waals surface area contributed by atoms with Crippen LogP contribution in [0.5, 0.6) is 0 Å². The summed E-state index contributed by atoms with van der Waals surface area (Å²) in [5.74, 6) is 0.312. The van der Waals surface area contributed by atoms with Gasteiger partial charge in [0, 0.05) is 12.5 Å². The smallest absolute Gasteiger partial charge is 0.123 e. The Balaban J connectivity index is 2.18. The van der Waals surface area contributed by atoms with Crippen molar-refractivity contribution in [2.75, 3.05) is 6.61 Å². The molecule has 0 N–H and O–H groups in total. The molecule has 0 aliphatic heterocycles. The van der Waals surface area contributed by atoms with Crippen molar-refractivity contribution < 1.29 is 9.53 Å². The Morgan fingerprint density at radius 1 is 1.36 bits per heavy atom. The zero-order chi connectivity index (χ0) is 8.10. The van der Waals surface area contributed by atoms with E-state index in [4.69, 9.17) is 4.74 Å². The van der Waals surface area contributed by atoms with Crippen molar-refractivity contribution in [2.45, 2.75) is 38.7 Å². The van der Waals surface area contributed by atoms with Crippen LogP contribution >= 0.6 is 0 Å². The van der Waals surface area contributed by atoms with Crippen molar-refractivity contribution in [3.05, 3.63) is 0 Å². The van der Waals surface area contributed by atoms with Crippen molar-refractivity contribution in [2.24, 2.45) is 5.92 Å². The van der Waals surface area contributed by atoms with Gasteiger partial charge in [-0.3, -0.25) is 0 Å². The summed E-state index contributed by atoms with van der Waals surface area (Å²) >= 11 is 0. The van der Waals surface area contributed by atoms with E-state index in [1.165, 1.54) is 0 Å². The van der Waals surface area contributed by atoms with Gasteiger partial charge in [0.2, 0.25) is 0 Å². The molecule has 1 saturated carbocycles. The highest BCUT2D eigenvalue weighted by molar-refractivity contribution is 5.53. The molecule has 0 bridgehead atoms. The number of carbonyl (C=O) groups is 1. The van der Waals surface area contributed by atoms with Crippen LogP contribution in [0.4, 0.5) is 0 Å². The summed E-state index contributed by atoms with van der Waals surface area (Å²) < 4.78 is 5.46. The summed E-state index contributed by atoms with van der Waals surface area (Å²) in [4.78, 5) is 10.4. The molecule has 0 heterocycles. The molecule has 0 unspecified atom stereocenters. The number of rotatable bonds is 3. The summed E-state index contributed by atoms with van der Waals surface area (Å²) in [5.41, 5.74) is 0. The summed E-state index contributed by atoms with van der Waals surface area (Å²) in [6.07, 6.45) is 5.69. The van der Waals surface area contributed by atoms with Crippen LogP contribution < -0.4 is 0 Å². The fourth-order valence-electron chi connectivity index (χ4n) is 1.63. The molecular weight excluding hydrogens is 140 g/mol. The number of ether oxygens (including phenoxy) is 1. The minimum atomic E-state index is 0.312. The lowest BCUT2D eigenvalue weighted by molar-refractivity contribution is -0.112. The number of aldehydes is 1. The lowest BCUT2D eigenvalue weighted by Gasteiger charge is -2.24. The molecule has 0 aromatic heterocycles. The van der Waals surface area contributed by atoms with E-state index in [0.29, 0.717) is 12.0 Å². The van der Waals surface area contributed by atoms with Crippen LogP contribution in [0.3, 0.4) is 0 Å². The highest BCUT2D eigenvalue weighted by Gasteiger charge is 2.20. The van der Waals surface area contributed by atoms with E-state index in [2.05, 4.69) is 0 Å². The molecule has 0 atom stereocenters. The minimum absolute atomic E-state index is 0.312. The standard InChI is InChI=1S/C9H16O2/c1-2-11-9-5-3-8(7-10)4-6-9/h7-9H,2-6H2,1H3. The lowest BCUT2D eigenvalue weighted by atomic mass is 9.88. The average Bonchev–Trinajstić information content (AvgIpc) is 2.07. The van der Waals surface area contributed by atoms with E-state index in [1.54, 1.807) is 0 Å². The maximum atomic E-state index is 10.4. The number of hydrogen-bond donors (Lipinski definition) is 0. The van der Waals surface area contributed by atoms with Gasteiger partial charge in [-0.25, -0.2) is 0 Å². The molecule has 1 rings (SSSR count). The zero-order valence-corrected chi connectivity index (χ0v) is 7.08. The molecule has 2 nitrogen and oxygen atoms in total. The summed E-state index contributed by atoms with van der Waals surface area (Å²) in [6.45, 7) is 2.82.